The van der Waals surface area contributed by atoms with Crippen molar-refractivity contribution in [1.82, 2.24) is 0 Å². The number of ether oxygens (including phenoxy) is 2. The summed E-state index contributed by atoms with van der Waals surface area (Å²) in [6, 6.07) is 3.73. The summed E-state index contributed by atoms with van der Waals surface area (Å²) in [5, 5.41) is 10.8. The molecule has 1 aromatic rings. The molecule has 0 aliphatic rings. The normalized spacial score (nSPS) is 10.7. The molecule has 0 aliphatic heterocycles. The first kappa shape index (κ1) is 9.92. The van der Waals surface area contributed by atoms with Gasteiger partial charge in [-0.15, -0.1) is 0 Å². The van der Waals surface area contributed by atoms with E-state index in [2.05, 4.69) is 6.55 Å². The highest BCUT2D eigenvalue weighted by molar-refractivity contribution is 6.52. The zero-order chi connectivity index (χ0) is 9.84. The third-order valence-electron chi connectivity index (χ3n) is 1.95. The predicted molar refractivity (Wildman–Crippen MR) is 55.3 cm³/mol. The van der Waals surface area contributed by atoms with Gasteiger partial charge in [-0.25, -0.2) is 0 Å². The van der Waals surface area contributed by atoms with Crippen LogP contribution in [0.5, 0.6) is 17.2 Å². The van der Waals surface area contributed by atoms with Crippen molar-refractivity contribution in [2.24, 2.45) is 0 Å². The number of phenols is 1. The van der Waals surface area contributed by atoms with Crippen LogP contribution < -0.4 is 14.7 Å². The van der Waals surface area contributed by atoms with Crippen molar-refractivity contribution in [3.8, 4) is 17.2 Å². The highest BCUT2D eigenvalue weighted by Gasteiger charge is 2.09. The van der Waals surface area contributed by atoms with Crippen molar-refractivity contribution in [1.29, 1.82) is 0 Å². The van der Waals surface area contributed by atoms with E-state index in [1.165, 1.54) is 19.4 Å². The van der Waals surface area contributed by atoms with Gasteiger partial charge in [0.1, 0.15) is 0 Å². The number of hydrogen-bond donors (Lipinski definition) is 1. The minimum Gasteiger partial charge on any atom is -0.502 e. The monoisotopic (exact) mass is 198 g/mol. The van der Waals surface area contributed by atoms with Gasteiger partial charge in [0.2, 0.25) is 5.75 Å². The van der Waals surface area contributed by atoms with Crippen LogP contribution in [0, 0.1) is 0 Å². The van der Waals surface area contributed by atoms with Crippen LogP contribution in [-0.2, 0) is 0 Å². The third kappa shape index (κ3) is 1.95. The Morgan fingerprint density at radius 3 is 1.92 bits per heavy atom. The lowest BCUT2D eigenvalue weighted by Gasteiger charge is -2.09. The third-order valence-corrected chi connectivity index (χ3v) is 3.17. The number of aromatic hydroxyl groups is 1. The van der Waals surface area contributed by atoms with Gasteiger partial charge in [-0.2, -0.15) is 0 Å². The molecule has 0 aliphatic carbocycles. The number of phenolic OH excluding ortho intramolecular Hbond substituents is 1. The summed E-state index contributed by atoms with van der Waals surface area (Å²) in [5.41, 5.74) is 0. The molecule has 0 aromatic heterocycles. The van der Waals surface area contributed by atoms with Crippen molar-refractivity contribution >= 4 is 14.7 Å². The molecule has 1 aromatic carbocycles. The average Bonchev–Trinajstić information content (AvgIpc) is 2.18. The summed E-state index contributed by atoms with van der Waals surface area (Å²) >= 11 is 0. The van der Waals surface area contributed by atoms with Crippen LogP contribution in [0.15, 0.2) is 12.1 Å². The molecule has 1 rings (SSSR count). The zero-order valence-corrected chi connectivity index (χ0v) is 9.54. The lowest BCUT2D eigenvalue weighted by molar-refractivity contribution is 0.340. The Kier molecular flexibility index (Phi) is 3.19. The van der Waals surface area contributed by atoms with Gasteiger partial charge >= 0.3 is 0 Å². The fraction of sp³-hybridized carbons (Fsp3) is 0.333. The Morgan fingerprint density at radius 2 is 1.62 bits per heavy atom. The first-order valence-corrected chi connectivity index (χ1v) is 6.29. The first-order valence-electron chi connectivity index (χ1n) is 4.16. The van der Waals surface area contributed by atoms with Crippen LogP contribution >= 0.6 is 0 Å². The summed E-state index contributed by atoms with van der Waals surface area (Å²) in [6.07, 6.45) is 0. The molecule has 3 nitrogen and oxygen atoms in total. The van der Waals surface area contributed by atoms with Gasteiger partial charge in [-0.1, -0.05) is 11.7 Å². The Hall–Kier alpha value is -1.16. The minimum absolute atomic E-state index is 0.0798. The number of rotatable bonds is 3. The summed E-state index contributed by atoms with van der Waals surface area (Å²) in [5.74, 6) is 1.06. The summed E-state index contributed by atoms with van der Waals surface area (Å²) < 4.78 is 10.0. The van der Waals surface area contributed by atoms with Gasteiger partial charge in [-0.3, -0.25) is 0 Å². The molecule has 13 heavy (non-hydrogen) atoms. The van der Waals surface area contributed by atoms with Gasteiger partial charge in [-0.05, 0) is 12.1 Å². The number of methoxy groups -OCH3 is 2. The van der Waals surface area contributed by atoms with E-state index in [9.17, 15) is 5.11 Å². The number of benzene rings is 1. The van der Waals surface area contributed by atoms with E-state index in [1.807, 2.05) is 12.1 Å². The average molecular weight is 198 g/mol. The van der Waals surface area contributed by atoms with Gasteiger partial charge in [0.25, 0.3) is 0 Å². The van der Waals surface area contributed by atoms with Crippen molar-refractivity contribution < 1.29 is 14.6 Å². The fourth-order valence-corrected chi connectivity index (χ4v) is 1.93. The fourth-order valence-electron chi connectivity index (χ4n) is 1.15. The topological polar surface area (TPSA) is 38.7 Å². The molecule has 0 atom stereocenters. The summed E-state index contributed by atoms with van der Waals surface area (Å²) in [4.78, 5) is 0. The van der Waals surface area contributed by atoms with Crippen molar-refractivity contribution in [2.75, 3.05) is 14.2 Å². The highest BCUT2D eigenvalue weighted by atomic mass is 28.2. The summed E-state index contributed by atoms with van der Waals surface area (Å²) in [7, 11) is 2.82. The molecular formula is C9H14O3Si. The minimum atomic E-state index is -0.257. The molecule has 0 spiro atoms. The molecule has 72 valence electrons. The van der Waals surface area contributed by atoms with Crippen molar-refractivity contribution in [3.05, 3.63) is 12.1 Å². The molecule has 0 bridgehead atoms. The molecule has 0 unspecified atom stereocenters. The van der Waals surface area contributed by atoms with Crippen LogP contribution in [0.3, 0.4) is 0 Å². The molecule has 0 amide bonds. The van der Waals surface area contributed by atoms with Crippen LogP contribution in [0.2, 0.25) is 6.55 Å². The SMILES string of the molecule is COc1cc([SiH2]C)cc(OC)c1O. The quantitative estimate of drug-likeness (QED) is 0.708. The standard InChI is InChI=1S/C9H14O3Si/c1-11-7-4-6(13-3)5-8(12-2)9(7)10/h4-5,10H,13H2,1-3H3. The van der Waals surface area contributed by atoms with E-state index in [0.29, 0.717) is 11.5 Å². The van der Waals surface area contributed by atoms with Gasteiger partial charge in [0.05, 0.1) is 23.7 Å². The second-order valence-corrected chi connectivity index (χ2v) is 4.23. The maximum Gasteiger partial charge on any atom is 0.200 e. The van der Waals surface area contributed by atoms with Crippen molar-refractivity contribution in [3.63, 3.8) is 0 Å². The predicted octanol–water partition coefficient (Wildman–Crippen LogP) is 0.252. The Morgan fingerprint density at radius 1 is 1.15 bits per heavy atom. The van der Waals surface area contributed by atoms with Crippen LogP contribution in [-0.4, -0.2) is 28.8 Å². The molecule has 0 heterocycles. The molecule has 1 N–H and O–H groups in total. The van der Waals surface area contributed by atoms with E-state index >= 15 is 0 Å². The van der Waals surface area contributed by atoms with Crippen LogP contribution in [0.1, 0.15) is 0 Å². The van der Waals surface area contributed by atoms with E-state index in [-0.39, 0.29) is 15.3 Å². The largest absolute Gasteiger partial charge is 0.502 e. The van der Waals surface area contributed by atoms with E-state index in [1.54, 1.807) is 0 Å². The molecule has 0 saturated heterocycles. The smallest absolute Gasteiger partial charge is 0.200 e. The van der Waals surface area contributed by atoms with Gasteiger partial charge in [0.15, 0.2) is 11.5 Å². The maximum absolute atomic E-state index is 9.57. The van der Waals surface area contributed by atoms with Gasteiger partial charge < -0.3 is 14.6 Å². The van der Waals surface area contributed by atoms with Crippen LogP contribution in [0.4, 0.5) is 0 Å². The van der Waals surface area contributed by atoms with E-state index in [0.717, 1.165) is 0 Å². The van der Waals surface area contributed by atoms with Crippen molar-refractivity contribution in [2.45, 2.75) is 6.55 Å². The van der Waals surface area contributed by atoms with Crippen LogP contribution in [0.25, 0.3) is 0 Å². The van der Waals surface area contributed by atoms with Gasteiger partial charge in [0, 0.05) is 0 Å². The molecule has 0 radical (unpaired) electrons. The summed E-state index contributed by atoms with van der Waals surface area (Å²) in [6.45, 7) is 2.17. The highest BCUT2D eigenvalue weighted by Crippen LogP contribution is 2.33. The Labute approximate surface area is 80.1 Å². The Bertz CT molecular complexity index is 274. The number of hydrogen-bond acceptors (Lipinski definition) is 3. The maximum atomic E-state index is 9.57. The first-order chi connectivity index (χ1) is 6.22. The second kappa shape index (κ2) is 4.18. The van der Waals surface area contributed by atoms with E-state index in [4.69, 9.17) is 9.47 Å². The van der Waals surface area contributed by atoms with E-state index < -0.39 is 0 Å². The molecule has 4 heteroatoms. The molecule has 0 saturated carbocycles. The lowest BCUT2D eigenvalue weighted by Crippen LogP contribution is -2.11. The zero-order valence-electron chi connectivity index (χ0n) is 8.13. The Balaban J connectivity index is 3.20. The molecular weight excluding hydrogens is 184 g/mol. The lowest BCUT2D eigenvalue weighted by atomic mass is 10.3. The molecule has 0 fully saturated rings. The second-order valence-electron chi connectivity index (χ2n) is 2.70.